The van der Waals surface area contributed by atoms with Gasteiger partial charge in [0.25, 0.3) is 0 Å². The number of nitrogens with zero attached hydrogens (tertiary/aromatic N) is 12. The number of pyridine rings is 1. The zero-order valence-corrected chi connectivity index (χ0v) is 30.1. The lowest BCUT2D eigenvalue weighted by Gasteiger charge is -2.21. The number of para-hydroxylation sites is 1. The smallest absolute Gasteiger partial charge is 0.419 e. The van der Waals surface area contributed by atoms with E-state index in [1.807, 2.05) is 51.1 Å². The van der Waals surface area contributed by atoms with Crippen LogP contribution in [0, 0.1) is 0 Å². The molecule has 0 amide bonds. The van der Waals surface area contributed by atoms with Crippen LogP contribution in [0.4, 0.5) is 16.7 Å². The van der Waals surface area contributed by atoms with E-state index in [1.165, 1.54) is 0 Å². The van der Waals surface area contributed by atoms with E-state index in [2.05, 4.69) is 45.5 Å². The standard InChI is InChI=1S/C22H21N7O3.C15H11N7O2/c1-22(2,3)32-21(30)29-14(11-13-7-4-5-8-15(13)29)12-28-19-18(26-27-28)17(24-20(23)25-19)16-9-6-10-31-16;16-15-18-12(11-5-2-6-24-11)13-14(19-15)22(21-20-13)7-9-3-1-4-10(8-23)17-9/h4-11H,12H2,1-3H3,(H2,23,24,25);1-6,8H,7H2,(H2,16,18,19). The molecule has 0 radical (unpaired) electrons. The number of carbonyl (C=O) groups excluding carboxylic acids is 2. The van der Waals surface area contributed by atoms with Gasteiger partial charge >= 0.3 is 6.09 Å². The fraction of sp³-hybridized carbons (Fsp3) is 0.162. The molecule has 0 aliphatic carbocycles. The van der Waals surface area contributed by atoms with E-state index in [-0.39, 0.29) is 18.4 Å². The molecule has 0 unspecified atom stereocenters. The summed E-state index contributed by atoms with van der Waals surface area (Å²) in [6.07, 6.45) is 3.31. The number of furan rings is 2. The maximum Gasteiger partial charge on any atom is 0.419 e. The van der Waals surface area contributed by atoms with E-state index >= 15 is 0 Å². The number of anilines is 2. The van der Waals surface area contributed by atoms with Gasteiger partial charge in [0, 0.05) is 5.39 Å². The minimum Gasteiger partial charge on any atom is -0.463 e. The van der Waals surface area contributed by atoms with Gasteiger partial charge in [0.05, 0.1) is 42.5 Å². The molecule has 0 fully saturated rings. The number of nitrogens with two attached hydrogens (primary N) is 2. The molecule has 4 N–H and O–H groups in total. The summed E-state index contributed by atoms with van der Waals surface area (Å²) < 4.78 is 21.1. The summed E-state index contributed by atoms with van der Waals surface area (Å²) >= 11 is 0. The van der Waals surface area contributed by atoms with Crippen molar-refractivity contribution in [3.63, 3.8) is 0 Å². The first-order chi connectivity index (χ1) is 27.0. The van der Waals surface area contributed by atoms with Crippen molar-refractivity contribution in [2.75, 3.05) is 11.5 Å². The van der Waals surface area contributed by atoms with Crippen molar-refractivity contribution >= 4 is 57.5 Å². The summed E-state index contributed by atoms with van der Waals surface area (Å²) in [5.41, 5.74) is 16.3. The van der Waals surface area contributed by atoms with Gasteiger partial charge in [0.1, 0.15) is 22.7 Å². The van der Waals surface area contributed by atoms with Gasteiger partial charge < -0.3 is 25.0 Å². The van der Waals surface area contributed by atoms with Crippen molar-refractivity contribution in [3.8, 4) is 22.9 Å². The van der Waals surface area contributed by atoms with Gasteiger partial charge in [-0.3, -0.25) is 4.79 Å². The van der Waals surface area contributed by atoms with Gasteiger partial charge in [-0.1, -0.05) is 34.7 Å². The first-order valence-electron chi connectivity index (χ1n) is 17.1. The van der Waals surface area contributed by atoms with Gasteiger partial charge in [-0.05, 0) is 69.3 Å². The Hall–Kier alpha value is -7.83. The van der Waals surface area contributed by atoms with Gasteiger partial charge in [-0.25, -0.2) is 33.7 Å². The fourth-order valence-corrected chi connectivity index (χ4v) is 5.94. The van der Waals surface area contributed by atoms with Crippen LogP contribution in [0.1, 0.15) is 42.6 Å². The number of carbonyl (C=O) groups is 2. The van der Waals surface area contributed by atoms with Gasteiger partial charge in [0.2, 0.25) is 11.9 Å². The molecule has 0 aliphatic heterocycles. The van der Waals surface area contributed by atoms with Gasteiger partial charge in [0.15, 0.2) is 40.1 Å². The van der Waals surface area contributed by atoms with Crippen LogP contribution in [0.2, 0.25) is 0 Å². The number of aromatic nitrogens is 12. The van der Waals surface area contributed by atoms with Crippen molar-refractivity contribution < 1.29 is 23.2 Å². The summed E-state index contributed by atoms with van der Waals surface area (Å²) in [6, 6.07) is 21.7. The molecule has 0 atom stereocenters. The zero-order valence-electron chi connectivity index (χ0n) is 30.1. The minimum atomic E-state index is -0.640. The Morgan fingerprint density at radius 1 is 0.750 bits per heavy atom. The van der Waals surface area contributed by atoms with Crippen LogP contribution in [-0.2, 0) is 17.8 Å². The zero-order chi connectivity index (χ0) is 39.0. The summed E-state index contributed by atoms with van der Waals surface area (Å²) in [5, 5.41) is 17.6. The molecule has 9 aromatic rings. The van der Waals surface area contributed by atoms with E-state index in [1.54, 1.807) is 68.9 Å². The second kappa shape index (κ2) is 14.2. The second-order valence-corrected chi connectivity index (χ2v) is 13.3. The predicted octanol–water partition coefficient (Wildman–Crippen LogP) is 5.17. The van der Waals surface area contributed by atoms with Crippen LogP contribution in [0.5, 0.6) is 0 Å². The average Bonchev–Trinajstić information content (AvgIpc) is 4.02. The van der Waals surface area contributed by atoms with Crippen LogP contribution in [0.25, 0.3) is 56.1 Å². The molecular weight excluding hydrogens is 720 g/mol. The summed E-state index contributed by atoms with van der Waals surface area (Å²) in [6.45, 7) is 6.01. The third-order valence-corrected chi connectivity index (χ3v) is 8.20. The Morgan fingerprint density at radius 3 is 1.93 bits per heavy atom. The van der Waals surface area contributed by atoms with Crippen molar-refractivity contribution in [3.05, 3.63) is 102 Å². The molecule has 0 saturated heterocycles. The Labute approximate surface area is 316 Å². The SMILES string of the molecule is CC(C)(C)OC(=O)n1c(Cn2nnc3c(-c4ccco4)nc(N)nc32)cc2ccccc21.Nc1nc(-c2ccco2)c2nnn(Cc3cccc(C=O)n3)c2n1. The van der Waals surface area contributed by atoms with E-state index in [0.29, 0.717) is 75.1 Å². The van der Waals surface area contributed by atoms with Gasteiger partial charge in [-0.2, -0.15) is 9.97 Å². The maximum atomic E-state index is 13.0. The largest absolute Gasteiger partial charge is 0.463 e. The molecule has 0 spiro atoms. The minimum absolute atomic E-state index is 0.0696. The number of hydrogen-bond acceptors (Lipinski definition) is 16. The maximum absolute atomic E-state index is 13.0. The highest BCUT2D eigenvalue weighted by molar-refractivity contribution is 5.91. The lowest BCUT2D eigenvalue weighted by molar-refractivity contribution is 0.0539. The highest BCUT2D eigenvalue weighted by atomic mass is 16.6. The number of fused-ring (bicyclic) bond motifs is 3. The Bertz CT molecular complexity index is 2850. The molecule has 8 heterocycles. The number of hydrogen-bond donors (Lipinski definition) is 2. The summed E-state index contributed by atoms with van der Waals surface area (Å²) in [4.78, 5) is 45.1. The third-order valence-electron chi connectivity index (χ3n) is 8.20. The third kappa shape index (κ3) is 6.98. The van der Waals surface area contributed by atoms with Crippen LogP contribution >= 0.6 is 0 Å². The van der Waals surface area contributed by atoms with Gasteiger partial charge in [-0.15, -0.1) is 10.2 Å². The normalized spacial score (nSPS) is 11.6. The van der Waals surface area contributed by atoms with Crippen molar-refractivity contribution in [2.45, 2.75) is 39.5 Å². The Kier molecular flexibility index (Phi) is 8.92. The number of nitrogen functional groups attached to an aromatic ring is 2. The number of benzene rings is 1. The van der Waals surface area contributed by atoms with Crippen molar-refractivity contribution in [2.24, 2.45) is 0 Å². The number of aldehydes is 1. The monoisotopic (exact) mass is 752 g/mol. The van der Waals surface area contributed by atoms with Crippen molar-refractivity contribution in [1.29, 1.82) is 0 Å². The van der Waals surface area contributed by atoms with E-state index in [0.717, 1.165) is 10.9 Å². The first kappa shape index (κ1) is 35.2. The predicted molar refractivity (Wildman–Crippen MR) is 202 cm³/mol. The lowest BCUT2D eigenvalue weighted by atomic mass is 10.2. The molecule has 1 aromatic carbocycles. The number of rotatable bonds is 7. The molecule has 280 valence electrons. The van der Waals surface area contributed by atoms with E-state index in [4.69, 9.17) is 25.0 Å². The highest BCUT2D eigenvalue weighted by Crippen LogP contribution is 2.28. The summed E-state index contributed by atoms with van der Waals surface area (Å²) in [5.74, 6) is 1.20. The van der Waals surface area contributed by atoms with Crippen LogP contribution in [0.3, 0.4) is 0 Å². The first-order valence-corrected chi connectivity index (χ1v) is 17.1. The topological polar surface area (TPSA) is 252 Å². The fourth-order valence-electron chi connectivity index (χ4n) is 5.94. The molecule has 19 heteroatoms. The quantitative estimate of drug-likeness (QED) is 0.199. The van der Waals surface area contributed by atoms with Crippen molar-refractivity contribution in [1.82, 2.24) is 59.5 Å². The van der Waals surface area contributed by atoms with Crippen LogP contribution in [-0.4, -0.2) is 77.5 Å². The molecule has 8 aromatic heterocycles. The lowest BCUT2D eigenvalue weighted by Crippen LogP contribution is -2.28. The number of ether oxygens (including phenoxy) is 1. The Balaban J connectivity index is 0.000000164. The molecule has 19 nitrogen and oxygen atoms in total. The molecule has 9 rings (SSSR count). The van der Waals surface area contributed by atoms with E-state index < -0.39 is 11.7 Å². The molecule has 0 aliphatic rings. The van der Waals surface area contributed by atoms with Crippen LogP contribution in [0.15, 0.2) is 94.2 Å². The second-order valence-electron chi connectivity index (χ2n) is 13.3. The molecule has 0 saturated carbocycles. The summed E-state index contributed by atoms with van der Waals surface area (Å²) in [7, 11) is 0. The van der Waals surface area contributed by atoms with E-state index in [9.17, 15) is 9.59 Å². The molecule has 0 bridgehead atoms. The average molecular weight is 753 g/mol. The Morgan fingerprint density at radius 2 is 1.36 bits per heavy atom. The molecule has 56 heavy (non-hydrogen) atoms. The highest BCUT2D eigenvalue weighted by Gasteiger charge is 2.24. The molecular formula is C37H32N14O5. The van der Waals surface area contributed by atoms with Crippen LogP contribution < -0.4 is 11.5 Å².